The molecule has 0 saturated heterocycles. The van der Waals surface area contributed by atoms with E-state index < -0.39 is 0 Å². The maximum absolute atomic E-state index is 9.25. The zero-order valence-electron chi connectivity index (χ0n) is 15.4. The van der Waals surface area contributed by atoms with Crippen molar-refractivity contribution in [2.45, 2.75) is 13.8 Å². The number of allylic oxidation sites excluding steroid dienone is 2. The molecule has 0 aromatic heterocycles. The van der Waals surface area contributed by atoms with E-state index in [4.69, 9.17) is 14.2 Å². The molecule has 0 amide bonds. The minimum Gasteiger partial charge on any atom is -0.504 e. The summed E-state index contributed by atoms with van der Waals surface area (Å²) in [4.78, 5) is 0. The molecule has 0 radical (unpaired) electrons. The summed E-state index contributed by atoms with van der Waals surface area (Å²) in [5, 5.41) is 9.25. The Balaban J connectivity index is 0.000000251. The van der Waals surface area contributed by atoms with Crippen LogP contribution in [0.5, 0.6) is 23.0 Å². The Hall–Kier alpha value is -2.88. The Morgan fingerprint density at radius 2 is 1.16 bits per heavy atom. The third-order valence-corrected chi connectivity index (χ3v) is 3.33. The molecule has 25 heavy (non-hydrogen) atoms. The van der Waals surface area contributed by atoms with Crippen LogP contribution in [0.3, 0.4) is 0 Å². The lowest BCUT2D eigenvalue weighted by atomic mass is 10.2. The lowest BCUT2D eigenvalue weighted by molar-refractivity contribution is 0.355. The number of hydrogen-bond donors (Lipinski definition) is 1. The number of phenols is 1. The van der Waals surface area contributed by atoms with Gasteiger partial charge in [0.2, 0.25) is 0 Å². The highest BCUT2D eigenvalue weighted by atomic mass is 16.5. The van der Waals surface area contributed by atoms with Crippen LogP contribution in [0.4, 0.5) is 0 Å². The number of hydrogen-bond acceptors (Lipinski definition) is 4. The van der Waals surface area contributed by atoms with E-state index >= 15 is 0 Å². The van der Waals surface area contributed by atoms with Crippen LogP contribution >= 0.6 is 0 Å². The topological polar surface area (TPSA) is 47.9 Å². The maximum Gasteiger partial charge on any atom is 0.161 e. The molecule has 0 bridgehead atoms. The molecular weight excluding hydrogens is 316 g/mol. The fourth-order valence-corrected chi connectivity index (χ4v) is 2.14. The molecular formula is C21H26O4. The molecule has 2 aromatic rings. The number of ether oxygens (including phenoxy) is 3. The van der Waals surface area contributed by atoms with Crippen LogP contribution in [-0.4, -0.2) is 26.4 Å². The molecule has 4 heteroatoms. The SMILES string of the molecule is CC=Cc1ccc(O)c(OC)c1.CC=Cc1ccc(OC)c(OC)c1. The summed E-state index contributed by atoms with van der Waals surface area (Å²) < 4.78 is 15.2. The van der Waals surface area contributed by atoms with Crippen molar-refractivity contribution in [3.8, 4) is 23.0 Å². The zero-order chi connectivity index (χ0) is 18.7. The van der Waals surface area contributed by atoms with Crippen molar-refractivity contribution in [2.75, 3.05) is 21.3 Å². The first-order valence-corrected chi connectivity index (χ1v) is 7.94. The number of aromatic hydroxyl groups is 1. The summed E-state index contributed by atoms with van der Waals surface area (Å²) in [6, 6.07) is 11.1. The molecule has 0 aliphatic heterocycles. The monoisotopic (exact) mass is 342 g/mol. The molecule has 0 fully saturated rings. The largest absolute Gasteiger partial charge is 0.504 e. The third-order valence-electron chi connectivity index (χ3n) is 3.33. The van der Waals surface area contributed by atoms with Crippen molar-refractivity contribution in [3.63, 3.8) is 0 Å². The standard InChI is InChI=1S/C11H14O2.C10H12O2/c1-4-5-9-6-7-10(12-2)11(8-9)13-3;1-3-4-8-5-6-9(11)10(7-8)12-2/h4-8H,1-3H3;3-7,11H,1-2H3. The minimum atomic E-state index is 0.172. The van der Waals surface area contributed by atoms with Gasteiger partial charge in [-0.3, -0.25) is 0 Å². The molecule has 2 aromatic carbocycles. The van der Waals surface area contributed by atoms with Gasteiger partial charge in [-0.1, -0.05) is 36.4 Å². The number of phenolic OH excluding ortho intramolecular Hbond substituents is 1. The van der Waals surface area contributed by atoms with E-state index in [9.17, 15) is 5.11 Å². The van der Waals surface area contributed by atoms with Crippen LogP contribution in [0.2, 0.25) is 0 Å². The molecule has 0 saturated carbocycles. The van der Waals surface area contributed by atoms with Gasteiger partial charge in [-0.2, -0.15) is 0 Å². The van der Waals surface area contributed by atoms with Crippen molar-refractivity contribution < 1.29 is 19.3 Å². The van der Waals surface area contributed by atoms with Gasteiger partial charge in [-0.15, -0.1) is 0 Å². The van der Waals surface area contributed by atoms with Gasteiger partial charge >= 0.3 is 0 Å². The highest BCUT2D eigenvalue weighted by Crippen LogP contribution is 2.28. The number of rotatable bonds is 5. The van der Waals surface area contributed by atoms with Crippen LogP contribution in [0.1, 0.15) is 25.0 Å². The van der Waals surface area contributed by atoms with Crippen LogP contribution in [0, 0.1) is 0 Å². The molecule has 0 spiro atoms. The normalized spacial score (nSPS) is 10.4. The summed E-state index contributed by atoms with van der Waals surface area (Å²) in [5.41, 5.74) is 2.13. The second-order valence-corrected chi connectivity index (χ2v) is 5.05. The Labute approximate surface area is 150 Å². The van der Waals surface area contributed by atoms with Gasteiger partial charge in [-0.05, 0) is 49.2 Å². The van der Waals surface area contributed by atoms with Crippen LogP contribution in [0.15, 0.2) is 48.6 Å². The van der Waals surface area contributed by atoms with Gasteiger partial charge < -0.3 is 19.3 Å². The number of benzene rings is 2. The van der Waals surface area contributed by atoms with Gasteiger partial charge in [0.25, 0.3) is 0 Å². The predicted molar refractivity (Wildman–Crippen MR) is 104 cm³/mol. The Morgan fingerprint density at radius 3 is 1.64 bits per heavy atom. The first-order chi connectivity index (χ1) is 12.1. The Morgan fingerprint density at radius 1 is 0.680 bits per heavy atom. The summed E-state index contributed by atoms with van der Waals surface area (Å²) >= 11 is 0. The van der Waals surface area contributed by atoms with E-state index in [1.807, 2.05) is 62.4 Å². The first-order valence-electron chi connectivity index (χ1n) is 7.94. The highest BCUT2D eigenvalue weighted by Gasteiger charge is 2.02. The van der Waals surface area contributed by atoms with E-state index in [1.54, 1.807) is 26.4 Å². The zero-order valence-corrected chi connectivity index (χ0v) is 15.4. The first kappa shape index (κ1) is 20.2. The average Bonchev–Trinajstić information content (AvgIpc) is 2.64. The molecule has 0 heterocycles. The van der Waals surface area contributed by atoms with Gasteiger partial charge in [0.1, 0.15) is 0 Å². The van der Waals surface area contributed by atoms with Crippen molar-refractivity contribution in [2.24, 2.45) is 0 Å². The highest BCUT2D eigenvalue weighted by molar-refractivity contribution is 5.56. The maximum atomic E-state index is 9.25. The van der Waals surface area contributed by atoms with Crippen molar-refractivity contribution in [1.29, 1.82) is 0 Å². The van der Waals surface area contributed by atoms with Gasteiger partial charge in [0.15, 0.2) is 23.0 Å². The molecule has 0 unspecified atom stereocenters. The Kier molecular flexibility index (Phi) is 8.72. The summed E-state index contributed by atoms with van der Waals surface area (Å²) in [6.07, 6.45) is 7.89. The molecule has 0 aliphatic carbocycles. The molecule has 0 atom stereocenters. The van der Waals surface area contributed by atoms with Crippen LogP contribution in [0.25, 0.3) is 12.2 Å². The van der Waals surface area contributed by atoms with E-state index in [2.05, 4.69) is 0 Å². The van der Waals surface area contributed by atoms with Crippen molar-refractivity contribution >= 4 is 12.2 Å². The molecule has 0 aliphatic rings. The molecule has 4 nitrogen and oxygen atoms in total. The summed E-state index contributed by atoms with van der Waals surface area (Å²) in [6.45, 7) is 3.93. The fraction of sp³-hybridized carbons (Fsp3) is 0.238. The van der Waals surface area contributed by atoms with E-state index in [-0.39, 0.29) is 5.75 Å². The molecule has 1 N–H and O–H groups in total. The lowest BCUT2D eigenvalue weighted by Crippen LogP contribution is -1.90. The quantitative estimate of drug-likeness (QED) is 0.814. The average molecular weight is 342 g/mol. The van der Waals surface area contributed by atoms with Crippen molar-refractivity contribution in [3.05, 3.63) is 59.7 Å². The lowest BCUT2D eigenvalue weighted by Gasteiger charge is -2.07. The third kappa shape index (κ3) is 6.26. The second kappa shape index (κ2) is 10.8. The molecule has 2 rings (SSSR count). The smallest absolute Gasteiger partial charge is 0.161 e. The van der Waals surface area contributed by atoms with Crippen LogP contribution < -0.4 is 14.2 Å². The van der Waals surface area contributed by atoms with Gasteiger partial charge in [-0.25, -0.2) is 0 Å². The van der Waals surface area contributed by atoms with E-state index in [1.165, 1.54) is 7.11 Å². The van der Waals surface area contributed by atoms with Gasteiger partial charge in [0, 0.05) is 0 Å². The number of methoxy groups -OCH3 is 3. The summed E-state index contributed by atoms with van der Waals surface area (Å²) in [5.74, 6) is 2.20. The van der Waals surface area contributed by atoms with E-state index in [0.29, 0.717) is 5.75 Å². The van der Waals surface area contributed by atoms with Crippen molar-refractivity contribution in [1.82, 2.24) is 0 Å². The summed E-state index contributed by atoms with van der Waals surface area (Å²) in [7, 11) is 4.80. The van der Waals surface area contributed by atoms with E-state index in [0.717, 1.165) is 22.6 Å². The Bertz CT molecular complexity index is 718. The fourth-order valence-electron chi connectivity index (χ4n) is 2.14. The predicted octanol–water partition coefficient (Wildman–Crippen LogP) is 5.17. The second-order valence-electron chi connectivity index (χ2n) is 5.05. The minimum absolute atomic E-state index is 0.172. The van der Waals surface area contributed by atoms with Crippen LogP contribution in [-0.2, 0) is 0 Å². The molecule has 134 valence electrons. The van der Waals surface area contributed by atoms with Gasteiger partial charge in [0.05, 0.1) is 21.3 Å².